The minimum atomic E-state index is -0.124. The molecule has 0 N–H and O–H groups in total. The van der Waals surface area contributed by atoms with Gasteiger partial charge < -0.3 is 13.9 Å². The zero-order valence-corrected chi connectivity index (χ0v) is 15.5. The largest absolute Gasteiger partial charge is 0.497 e. The topological polar surface area (TPSA) is 48.7 Å². The van der Waals surface area contributed by atoms with Crippen LogP contribution in [0.15, 0.2) is 54.6 Å². The van der Waals surface area contributed by atoms with E-state index in [0.29, 0.717) is 31.4 Å². The summed E-state index contributed by atoms with van der Waals surface area (Å²) in [6.45, 7) is 0. The highest BCUT2D eigenvalue weighted by Crippen LogP contribution is 2.39. The fourth-order valence-corrected chi connectivity index (χ4v) is 3.81. The molecular weight excluding hydrogens is 428 g/mol. The lowest BCUT2D eigenvalue weighted by Gasteiger charge is -2.10. The van der Waals surface area contributed by atoms with Gasteiger partial charge in [0.25, 0.3) is 0 Å². The van der Waals surface area contributed by atoms with E-state index in [9.17, 15) is 4.79 Å². The molecule has 1 aromatic heterocycles. The van der Waals surface area contributed by atoms with Crippen LogP contribution in [0, 0.1) is 0 Å². The molecule has 0 aliphatic rings. The van der Waals surface area contributed by atoms with Crippen molar-refractivity contribution in [3.8, 4) is 22.8 Å². The molecule has 0 aliphatic heterocycles. The molecule has 23 heavy (non-hydrogen) atoms. The fraction of sp³-hybridized carbons (Fsp3) is 0.118. The van der Waals surface area contributed by atoms with Crippen LogP contribution in [0.4, 0.5) is 0 Å². The zero-order valence-electron chi connectivity index (χ0n) is 12.4. The summed E-state index contributed by atoms with van der Waals surface area (Å²) in [7, 11) is 3.16. The zero-order chi connectivity index (χ0) is 16.6. The molecule has 0 radical (unpaired) electrons. The Morgan fingerprint density at radius 3 is 2.30 bits per heavy atom. The lowest BCUT2D eigenvalue weighted by molar-refractivity contribution is 0.409. The average molecular weight is 440 g/mol. The van der Waals surface area contributed by atoms with E-state index in [4.69, 9.17) is 13.9 Å². The average Bonchev–Trinajstić information content (AvgIpc) is 2.56. The molecule has 6 heteroatoms. The van der Waals surface area contributed by atoms with E-state index < -0.39 is 0 Å². The minimum Gasteiger partial charge on any atom is -0.497 e. The third kappa shape index (κ3) is 2.88. The molecule has 0 spiro atoms. The van der Waals surface area contributed by atoms with E-state index in [0.717, 1.165) is 11.3 Å². The monoisotopic (exact) mass is 438 g/mol. The molecule has 2 aromatic carbocycles. The van der Waals surface area contributed by atoms with Gasteiger partial charge in [0.2, 0.25) is 0 Å². The van der Waals surface area contributed by atoms with Gasteiger partial charge in [-0.15, -0.1) is 0 Å². The van der Waals surface area contributed by atoms with Crippen LogP contribution in [0.2, 0.25) is 0 Å². The van der Waals surface area contributed by atoms with Crippen molar-refractivity contribution in [3.05, 3.63) is 55.6 Å². The SMILES string of the molecule is COc1ccc(-c2cc(=O)c3cc(Br)c(OC)c(Br)c3o2)cc1. The molecule has 0 aliphatic carbocycles. The lowest BCUT2D eigenvalue weighted by Crippen LogP contribution is -2.02. The Hall–Kier alpha value is -1.79. The highest BCUT2D eigenvalue weighted by molar-refractivity contribution is 9.11. The van der Waals surface area contributed by atoms with Crippen LogP contribution in [-0.2, 0) is 0 Å². The second-order valence-electron chi connectivity index (χ2n) is 4.79. The number of methoxy groups -OCH3 is 2. The number of hydrogen-bond donors (Lipinski definition) is 0. The Balaban J connectivity index is 2.25. The van der Waals surface area contributed by atoms with Gasteiger partial charge in [0.15, 0.2) is 16.8 Å². The Morgan fingerprint density at radius 1 is 1.00 bits per heavy atom. The summed E-state index contributed by atoms with van der Waals surface area (Å²) in [5.74, 6) is 1.80. The predicted octanol–water partition coefficient (Wildman–Crippen LogP) is 5.00. The number of halogens is 2. The molecule has 0 unspecified atom stereocenters. The highest BCUT2D eigenvalue weighted by Gasteiger charge is 2.16. The highest BCUT2D eigenvalue weighted by atomic mass is 79.9. The van der Waals surface area contributed by atoms with Crippen LogP contribution >= 0.6 is 31.9 Å². The van der Waals surface area contributed by atoms with E-state index in [1.165, 1.54) is 6.07 Å². The van der Waals surface area contributed by atoms with Crippen LogP contribution in [0.25, 0.3) is 22.3 Å². The Labute approximate surface area is 149 Å². The quantitative estimate of drug-likeness (QED) is 0.576. The standard InChI is InChI=1S/C17H12Br2O4/c1-21-10-5-3-9(4-6-10)14-8-13(20)11-7-12(18)17(22-2)15(19)16(11)23-14/h3-8H,1-2H3. The van der Waals surface area contributed by atoms with Crippen LogP contribution in [-0.4, -0.2) is 14.2 Å². The van der Waals surface area contributed by atoms with Crippen molar-refractivity contribution in [2.24, 2.45) is 0 Å². The molecule has 0 saturated carbocycles. The molecule has 1 heterocycles. The summed E-state index contributed by atoms with van der Waals surface area (Å²) in [5.41, 5.74) is 1.11. The number of ether oxygens (including phenoxy) is 2. The van der Waals surface area contributed by atoms with Gasteiger partial charge in [-0.3, -0.25) is 4.79 Å². The van der Waals surface area contributed by atoms with E-state index in [-0.39, 0.29) is 5.43 Å². The Kier molecular flexibility index (Phi) is 4.46. The van der Waals surface area contributed by atoms with Gasteiger partial charge in [-0.25, -0.2) is 0 Å². The number of hydrogen-bond acceptors (Lipinski definition) is 4. The van der Waals surface area contributed by atoms with Gasteiger partial charge in [-0.1, -0.05) is 0 Å². The molecule has 0 saturated heterocycles. The Bertz CT molecular complexity index is 930. The minimum absolute atomic E-state index is 0.124. The smallest absolute Gasteiger partial charge is 0.193 e. The maximum Gasteiger partial charge on any atom is 0.193 e. The Morgan fingerprint density at radius 2 is 1.70 bits per heavy atom. The fourth-order valence-electron chi connectivity index (χ4n) is 2.29. The second kappa shape index (κ2) is 6.37. The van der Waals surface area contributed by atoms with Crippen molar-refractivity contribution < 1.29 is 13.9 Å². The molecule has 0 fully saturated rings. The van der Waals surface area contributed by atoms with Gasteiger partial charge in [0.05, 0.1) is 24.1 Å². The molecule has 0 bridgehead atoms. The number of fused-ring (bicyclic) bond motifs is 1. The third-order valence-electron chi connectivity index (χ3n) is 3.45. The normalized spacial score (nSPS) is 10.8. The number of benzene rings is 2. The molecular formula is C17H12Br2O4. The first-order chi connectivity index (χ1) is 11.0. The third-order valence-corrected chi connectivity index (χ3v) is 4.76. The lowest BCUT2D eigenvalue weighted by atomic mass is 10.1. The molecule has 3 aromatic rings. The number of rotatable bonds is 3. The van der Waals surface area contributed by atoms with E-state index in [1.54, 1.807) is 20.3 Å². The molecule has 118 valence electrons. The molecule has 0 atom stereocenters. The van der Waals surface area contributed by atoms with Gasteiger partial charge in [-0.05, 0) is 62.2 Å². The summed E-state index contributed by atoms with van der Waals surface area (Å²) in [4.78, 5) is 12.4. The van der Waals surface area contributed by atoms with E-state index in [2.05, 4.69) is 31.9 Å². The molecule has 4 nitrogen and oxygen atoms in total. The van der Waals surface area contributed by atoms with Crippen LogP contribution in [0.1, 0.15) is 0 Å². The van der Waals surface area contributed by atoms with Crippen molar-refractivity contribution >= 4 is 42.8 Å². The molecule has 3 rings (SSSR count). The summed E-state index contributed by atoms with van der Waals surface area (Å²) >= 11 is 6.84. The van der Waals surface area contributed by atoms with Gasteiger partial charge in [0, 0.05) is 11.6 Å². The van der Waals surface area contributed by atoms with Crippen molar-refractivity contribution in [1.82, 2.24) is 0 Å². The summed E-state index contributed by atoms with van der Waals surface area (Å²) in [5, 5.41) is 0.474. The first kappa shape index (κ1) is 16.1. The predicted molar refractivity (Wildman–Crippen MR) is 96.4 cm³/mol. The molecule has 0 amide bonds. The van der Waals surface area contributed by atoms with Crippen LogP contribution < -0.4 is 14.9 Å². The van der Waals surface area contributed by atoms with Crippen molar-refractivity contribution in [2.75, 3.05) is 14.2 Å². The maximum atomic E-state index is 12.4. The first-order valence-corrected chi connectivity index (χ1v) is 8.28. The van der Waals surface area contributed by atoms with E-state index in [1.807, 2.05) is 24.3 Å². The summed E-state index contributed by atoms with van der Waals surface area (Å²) < 4.78 is 17.7. The summed E-state index contributed by atoms with van der Waals surface area (Å²) in [6, 6.07) is 10.5. The first-order valence-electron chi connectivity index (χ1n) is 6.69. The maximum absolute atomic E-state index is 12.4. The van der Waals surface area contributed by atoms with Gasteiger partial charge in [0.1, 0.15) is 16.0 Å². The van der Waals surface area contributed by atoms with E-state index >= 15 is 0 Å². The van der Waals surface area contributed by atoms with Crippen molar-refractivity contribution in [1.29, 1.82) is 0 Å². The van der Waals surface area contributed by atoms with Gasteiger partial charge in [-0.2, -0.15) is 0 Å². The van der Waals surface area contributed by atoms with Crippen LogP contribution in [0.3, 0.4) is 0 Å². The van der Waals surface area contributed by atoms with Crippen molar-refractivity contribution in [3.63, 3.8) is 0 Å². The van der Waals surface area contributed by atoms with Gasteiger partial charge >= 0.3 is 0 Å². The second-order valence-corrected chi connectivity index (χ2v) is 6.43. The van der Waals surface area contributed by atoms with Crippen molar-refractivity contribution in [2.45, 2.75) is 0 Å². The van der Waals surface area contributed by atoms with Crippen LogP contribution in [0.5, 0.6) is 11.5 Å². The summed E-state index contributed by atoms with van der Waals surface area (Å²) in [6.07, 6.45) is 0.